The minimum absolute atomic E-state index is 0.310. The van der Waals surface area contributed by atoms with Gasteiger partial charge in [0.05, 0.1) is 17.3 Å². The molecule has 1 N–H and O–H groups in total. The summed E-state index contributed by atoms with van der Waals surface area (Å²) in [6.45, 7) is 6.85. The van der Waals surface area contributed by atoms with Gasteiger partial charge in [-0.2, -0.15) is 0 Å². The quantitative estimate of drug-likeness (QED) is 0.795. The average molecular weight is 297 g/mol. The van der Waals surface area contributed by atoms with Crippen molar-refractivity contribution in [3.8, 4) is 0 Å². The van der Waals surface area contributed by atoms with Gasteiger partial charge in [-0.25, -0.2) is 0 Å². The molecular formula is C16H25ClN2O. The molecule has 1 aromatic rings. The van der Waals surface area contributed by atoms with Gasteiger partial charge in [-0.15, -0.1) is 0 Å². The Morgan fingerprint density at radius 1 is 1.45 bits per heavy atom. The molecule has 0 saturated heterocycles. The van der Waals surface area contributed by atoms with E-state index in [9.17, 15) is 0 Å². The SMILES string of the molecule is CCN(c1c(Cl)cccc1CNC1CC1)C(C)COC. The zero-order chi connectivity index (χ0) is 14.5. The van der Waals surface area contributed by atoms with E-state index in [1.54, 1.807) is 7.11 Å². The van der Waals surface area contributed by atoms with E-state index in [2.05, 4.69) is 30.1 Å². The van der Waals surface area contributed by atoms with E-state index in [0.29, 0.717) is 18.7 Å². The van der Waals surface area contributed by atoms with Gasteiger partial charge < -0.3 is 15.0 Å². The second-order valence-electron chi connectivity index (χ2n) is 5.49. The molecule has 1 saturated carbocycles. The van der Waals surface area contributed by atoms with Gasteiger partial charge in [0.15, 0.2) is 0 Å². The monoisotopic (exact) mass is 296 g/mol. The van der Waals surface area contributed by atoms with Crippen molar-refractivity contribution >= 4 is 17.3 Å². The number of benzene rings is 1. The van der Waals surface area contributed by atoms with Crippen LogP contribution in [0, 0.1) is 0 Å². The third-order valence-electron chi connectivity index (χ3n) is 3.80. The number of anilines is 1. The molecule has 0 aromatic heterocycles. The zero-order valence-electron chi connectivity index (χ0n) is 12.7. The maximum absolute atomic E-state index is 6.47. The second kappa shape index (κ2) is 7.30. The van der Waals surface area contributed by atoms with Crippen molar-refractivity contribution in [2.45, 2.75) is 45.3 Å². The van der Waals surface area contributed by atoms with Crippen LogP contribution in [0.5, 0.6) is 0 Å². The fraction of sp³-hybridized carbons (Fsp3) is 0.625. The summed E-state index contributed by atoms with van der Waals surface area (Å²) in [5.41, 5.74) is 2.42. The van der Waals surface area contributed by atoms with Crippen molar-refractivity contribution < 1.29 is 4.74 Å². The molecule has 1 fully saturated rings. The van der Waals surface area contributed by atoms with E-state index in [-0.39, 0.29) is 0 Å². The number of nitrogens with one attached hydrogen (secondary N) is 1. The van der Waals surface area contributed by atoms with Crippen molar-refractivity contribution in [2.24, 2.45) is 0 Å². The highest BCUT2D eigenvalue weighted by atomic mass is 35.5. The van der Waals surface area contributed by atoms with E-state index < -0.39 is 0 Å². The average Bonchev–Trinajstić information content (AvgIpc) is 3.24. The number of nitrogens with zero attached hydrogens (tertiary/aromatic N) is 1. The van der Waals surface area contributed by atoms with E-state index >= 15 is 0 Å². The molecule has 0 heterocycles. The fourth-order valence-corrected chi connectivity index (χ4v) is 2.89. The van der Waals surface area contributed by atoms with Crippen molar-refractivity contribution in [1.29, 1.82) is 0 Å². The molecule has 20 heavy (non-hydrogen) atoms. The highest BCUT2D eigenvalue weighted by Crippen LogP contribution is 2.32. The smallest absolute Gasteiger partial charge is 0.0663 e. The minimum Gasteiger partial charge on any atom is -0.383 e. The molecule has 2 rings (SSSR count). The van der Waals surface area contributed by atoms with Crippen molar-refractivity contribution in [1.82, 2.24) is 5.32 Å². The molecule has 1 aliphatic carbocycles. The first-order valence-corrected chi connectivity index (χ1v) is 7.81. The summed E-state index contributed by atoms with van der Waals surface area (Å²) in [4.78, 5) is 2.33. The number of para-hydroxylation sites is 1. The van der Waals surface area contributed by atoms with Crippen LogP contribution >= 0.6 is 11.6 Å². The largest absolute Gasteiger partial charge is 0.383 e. The van der Waals surface area contributed by atoms with E-state index in [0.717, 1.165) is 23.8 Å². The number of methoxy groups -OCH3 is 1. The van der Waals surface area contributed by atoms with Crippen LogP contribution in [0.1, 0.15) is 32.3 Å². The molecule has 0 aliphatic heterocycles. The first-order chi connectivity index (χ1) is 9.67. The van der Waals surface area contributed by atoms with Crippen molar-refractivity contribution in [3.63, 3.8) is 0 Å². The topological polar surface area (TPSA) is 24.5 Å². The summed E-state index contributed by atoms with van der Waals surface area (Å²) < 4.78 is 5.30. The van der Waals surface area contributed by atoms with Gasteiger partial charge in [-0.1, -0.05) is 23.7 Å². The second-order valence-corrected chi connectivity index (χ2v) is 5.90. The van der Waals surface area contributed by atoms with Gasteiger partial charge in [0.2, 0.25) is 0 Å². The first kappa shape index (κ1) is 15.6. The van der Waals surface area contributed by atoms with Gasteiger partial charge >= 0.3 is 0 Å². The summed E-state index contributed by atoms with van der Waals surface area (Å²) in [6.07, 6.45) is 2.60. The Balaban J connectivity index is 2.21. The third-order valence-corrected chi connectivity index (χ3v) is 4.10. The molecule has 3 nitrogen and oxygen atoms in total. The molecule has 0 spiro atoms. The summed E-state index contributed by atoms with van der Waals surface area (Å²) in [7, 11) is 1.74. The highest BCUT2D eigenvalue weighted by Gasteiger charge is 2.23. The van der Waals surface area contributed by atoms with Crippen LogP contribution in [0.25, 0.3) is 0 Å². The predicted octanol–water partition coefficient (Wildman–Crippen LogP) is 3.45. The van der Waals surface area contributed by atoms with E-state index in [1.165, 1.54) is 18.4 Å². The minimum atomic E-state index is 0.310. The Kier molecular flexibility index (Phi) is 5.70. The summed E-state index contributed by atoms with van der Waals surface area (Å²) in [5.74, 6) is 0. The lowest BCUT2D eigenvalue weighted by atomic mass is 10.1. The number of hydrogen-bond acceptors (Lipinski definition) is 3. The molecule has 0 amide bonds. The summed E-state index contributed by atoms with van der Waals surface area (Å²) in [5, 5.41) is 4.40. The normalized spacial score (nSPS) is 16.2. The highest BCUT2D eigenvalue weighted by molar-refractivity contribution is 6.33. The van der Waals surface area contributed by atoms with Gasteiger partial charge in [0, 0.05) is 32.3 Å². The number of ether oxygens (including phenoxy) is 1. The maximum Gasteiger partial charge on any atom is 0.0663 e. The van der Waals surface area contributed by atoms with Crippen LogP contribution in [0.15, 0.2) is 18.2 Å². The summed E-state index contributed by atoms with van der Waals surface area (Å²) in [6, 6.07) is 7.18. The van der Waals surface area contributed by atoms with Gasteiger partial charge in [0.25, 0.3) is 0 Å². The van der Waals surface area contributed by atoms with Crippen molar-refractivity contribution in [3.05, 3.63) is 28.8 Å². The molecular weight excluding hydrogens is 272 g/mol. The lowest BCUT2D eigenvalue weighted by molar-refractivity contribution is 0.182. The summed E-state index contributed by atoms with van der Waals surface area (Å²) >= 11 is 6.47. The number of halogens is 1. The van der Waals surface area contributed by atoms with Crippen LogP contribution in [-0.2, 0) is 11.3 Å². The molecule has 1 atom stereocenters. The fourth-order valence-electron chi connectivity index (χ4n) is 2.59. The maximum atomic E-state index is 6.47. The number of likely N-dealkylation sites (N-methyl/N-ethyl adjacent to an activating group) is 1. The Labute approximate surface area is 127 Å². The number of rotatable bonds is 8. The van der Waals surface area contributed by atoms with Gasteiger partial charge in [-0.05, 0) is 38.3 Å². The van der Waals surface area contributed by atoms with E-state index in [4.69, 9.17) is 16.3 Å². The van der Waals surface area contributed by atoms with Gasteiger partial charge in [0.1, 0.15) is 0 Å². The Morgan fingerprint density at radius 2 is 2.20 bits per heavy atom. The van der Waals surface area contributed by atoms with Crippen LogP contribution in [-0.4, -0.2) is 32.3 Å². The zero-order valence-corrected chi connectivity index (χ0v) is 13.4. The Morgan fingerprint density at radius 3 is 2.80 bits per heavy atom. The predicted molar refractivity (Wildman–Crippen MR) is 85.7 cm³/mol. The Hall–Kier alpha value is -0.770. The molecule has 1 aromatic carbocycles. The Bertz CT molecular complexity index is 434. The lowest BCUT2D eigenvalue weighted by Crippen LogP contribution is -2.37. The third kappa shape index (κ3) is 3.87. The van der Waals surface area contributed by atoms with Crippen LogP contribution in [0.3, 0.4) is 0 Å². The molecule has 1 aliphatic rings. The van der Waals surface area contributed by atoms with Crippen LogP contribution in [0.4, 0.5) is 5.69 Å². The molecule has 1 unspecified atom stereocenters. The van der Waals surface area contributed by atoms with E-state index in [1.807, 2.05) is 12.1 Å². The van der Waals surface area contributed by atoms with Gasteiger partial charge in [-0.3, -0.25) is 0 Å². The standard InChI is InChI=1S/C16H25ClN2O/c1-4-19(12(2)11-20-3)16-13(6-5-7-15(16)17)10-18-14-8-9-14/h5-7,12,14,18H,4,8-11H2,1-3H3. The molecule has 4 heteroatoms. The number of hydrogen-bond donors (Lipinski definition) is 1. The molecule has 0 radical (unpaired) electrons. The van der Waals surface area contributed by atoms with Crippen LogP contribution in [0.2, 0.25) is 5.02 Å². The molecule has 0 bridgehead atoms. The first-order valence-electron chi connectivity index (χ1n) is 7.43. The van der Waals surface area contributed by atoms with Crippen molar-refractivity contribution in [2.75, 3.05) is 25.2 Å². The molecule has 112 valence electrons. The lowest BCUT2D eigenvalue weighted by Gasteiger charge is -2.32. The van der Waals surface area contributed by atoms with Crippen LogP contribution < -0.4 is 10.2 Å².